The molecule has 1 saturated heterocycles. The monoisotopic (exact) mass is 245 g/mol. The summed E-state index contributed by atoms with van der Waals surface area (Å²) in [6.07, 6.45) is 11.2. The zero-order valence-electron chi connectivity index (χ0n) is 10.7. The van der Waals surface area contributed by atoms with Crippen LogP contribution < -0.4 is 5.32 Å². The molecule has 1 unspecified atom stereocenters. The summed E-state index contributed by atoms with van der Waals surface area (Å²) in [6, 6.07) is 0.480. The van der Waals surface area contributed by atoms with Crippen molar-refractivity contribution >= 4 is 0 Å². The third-order valence-electron chi connectivity index (χ3n) is 3.66. The third-order valence-corrected chi connectivity index (χ3v) is 3.66. The fourth-order valence-corrected chi connectivity index (χ4v) is 2.60. The van der Waals surface area contributed by atoms with Crippen molar-refractivity contribution in [1.29, 1.82) is 0 Å². The second kappa shape index (κ2) is 4.94. The molecule has 3 rings (SSSR count). The molecular formula is C13H19N5. The highest BCUT2D eigenvalue weighted by atomic mass is 15.1. The Morgan fingerprint density at radius 2 is 2.44 bits per heavy atom. The number of aromatic nitrogens is 4. The summed E-state index contributed by atoms with van der Waals surface area (Å²) in [5, 5.41) is 3.52. The molecule has 1 aliphatic heterocycles. The number of nitrogens with zero attached hydrogens (tertiary/aromatic N) is 4. The van der Waals surface area contributed by atoms with Crippen LogP contribution in [-0.4, -0.2) is 25.6 Å². The molecule has 18 heavy (non-hydrogen) atoms. The molecule has 2 aromatic heterocycles. The van der Waals surface area contributed by atoms with Crippen LogP contribution in [0.2, 0.25) is 0 Å². The van der Waals surface area contributed by atoms with E-state index < -0.39 is 0 Å². The average molecular weight is 245 g/mol. The van der Waals surface area contributed by atoms with Crippen molar-refractivity contribution in [3.8, 4) is 0 Å². The van der Waals surface area contributed by atoms with E-state index in [4.69, 9.17) is 0 Å². The molecule has 0 bridgehead atoms. The predicted octanol–water partition coefficient (Wildman–Crippen LogP) is 1.28. The highest BCUT2D eigenvalue weighted by Crippen LogP contribution is 2.22. The van der Waals surface area contributed by atoms with Crippen LogP contribution in [0, 0.1) is 0 Å². The molecule has 0 spiro atoms. The Hall–Kier alpha value is -1.62. The molecule has 5 nitrogen and oxygen atoms in total. The summed E-state index contributed by atoms with van der Waals surface area (Å²) < 4.78 is 4.32. The van der Waals surface area contributed by atoms with Crippen LogP contribution >= 0.6 is 0 Å². The van der Waals surface area contributed by atoms with Crippen LogP contribution in [0.25, 0.3) is 0 Å². The first-order chi connectivity index (χ1) is 8.84. The lowest BCUT2D eigenvalue weighted by molar-refractivity contribution is 0.554. The standard InChI is InChI=1S/C13H19N5/c1-17-8-6-16-13(17)4-7-18-10-14-9-12(18)11-3-2-5-15-11/h6,8-11,15H,2-5,7H2,1H3. The first-order valence-electron chi connectivity index (χ1n) is 6.54. The van der Waals surface area contributed by atoms with E-state index in [2.05, 4.69) is 24.4 Å². The van der Waals surface area contributed by atoms with E-state index in [1.807, 2.05) is 32.0 Å². The van der Waals surface area contributed by atoms with Gasteiger partial charge in [-0.2, -0.15) is 0 Å². The van der Waals surface area contributed by atoms with E-state index in [0.29, 0.717) is 6.04 Å². The van der Waals surface area contributed by atoms with Crippen LogP contribution in [-0.2, 0) is 20.0 Å². The molecule has 0 amide bonds. The van der Waals surface area contributed by atoms with Gasteiger partial charge in [0.05, 0.1) is 12.0 Å². The smallest absolute Gasteiger partial charge is 0.110 e. The van der Waals surface area contributed by atoms with Gasteiger partial charge in [0, 0.05) is 44.6 Å². The fourth-order valence-electron chi connectivity index (χ4n) is 2.60. The van der Waals surface area contributed by atoms with Crippen molar-refractivity contribution in [1.82, 2.24) is 24.4 Å². The number of imidazole rings is 2. The SMILES string of the molecule is Cn1ccnc1CCn1cncc1C1CCCN1. The van der Waals surface area contributed by atoms with Gasteiger partial charge in [-0.1, -0.05) is 0 Å². The summed E-state index contributed by atoms with van der Waals surface area (Å²) in [5.41, 5.74) is 1.31. The molecule has 96 valence electrons. The predicted molar refractivity (Wildman–Crippen MR) is 69.1 cm³/mol. The first kappa shape index (κ1) is 11.5. The van der Waals surface area contributed by atoms with Crippen molar-refractivity contribution in [2.24, 2.45) is 7.05 Å². The van der Waals surface area contributed by atoms with E-state index in [9.17, 15) is 0 Å². The van der Waals surface area contributed by atoms with E-state index >= 15 is 0 Å². The third kappa shape index (κ3) is 2.18. The molecule has 0 aliphatic carbocycles. The van der Waals surface area contributed by atoms with Gasteiger partial charge in [0.2, 0.25) is 0 Å². The van der Waals surface area contributed by atoms with Gasteiger partial charge < -0.3 is 14.5 Å². The summed E-state index contributed by atoms with van der Waals surface area (Å²) in [7, 11) is 2.04. The highest BCUT2D eigenvalue weighted by Gasteiger charge is 2.19. The molecular weight excluding hydrogens is 226 g/mol. The number of nitrogens with one attached hydrogen (secondary N) is 1. The molecule has 0 radical (unpaired) electrons. The van der Waals surface area contributed by atoms with Crippen molar-refractivity contribution in [3.05, 3.63) is 36.4 Å². The van der Waals surface area contributed by atoms with Crippen LogP contribution in [0.4, 0.5) is 0 Å². The topological polar surface area (TPSA) is 47.7 Å². The van der Waals surface area contributed by atoms with E-state index in [0.717, 1.165) is 25.3 Å². The van der Waals surface area contributed by atoms with Gasteiger partial charge >= 0.3 is 0 Å². The Morgan fingerprint density at radius 3 is 3.17 bits per heavy atom. The highest BCUT2D eigenvalue weighted by molar-refractivity contribution is 5.07. The Bertz CT molecular complexity index is 507. The maximum atomic E-state index is 4.36. The number of hydrogen-bond acceptors (Lipinski definition) is 3. The normalized spacial score (nSPS) is 19.5. The van der Waals surface area contributed by atoms with Gasteiger partial charge in [0.25, 0.3) is 0 Å². The molecule has 5 heteroatoms. The largest absolute Gasteiger partial charge is 0.338 e. The lowest BCUT2D eigenvalue weighted by Crippen LogP contribution is -2.17. The zero-order valence-corrected chi connectivity index (χ0v) is 10.7. The van der Waals surface area contributed by atoms with Gasteiger partial charge in [-0.25, -0.2) is 9.97 Å². The Kier molecular flexibility index (Phi) is 3.15. The molecule has 1 aliphatic rings. The van der Waals surface area contributed by atoms with E-state index in [1.54, 1.807) is 0 Å². The van der Waals surface area contributed by atoms with Crippen molar-refractivity contribution in [2.45, 2.75) is 31.8 Å². The van der Waals surface area contributed by atoms with E-state index in [1.165, 1.54) is 18.5 Å². The molecule has 2 aromatic rings. The molecule has 1 fully saturated rings. The zero-order chi connectivity index (χ0) is 12.4. The Balaban J connectivity index is 1.69. The van der Waals surface area contributed by atoms with Gasteiger partial charge in [-0.05, 0) is 19.4 Å². The summed E-state index contributed by atoms with van der Waals surface area (Å²) in [4.78, 5) is 8.64. The van der Waals surface area contributed by atoms with Crippen LogP contribution in [0.5, 0.6) is 0 Å². The average Bonchev–Trinajstić information content (AvgIpc) is 3.07. The van der Waals surface area contributed by atoms with Crippen molar-refractivity contribution < 1.29 is 0 Å². The Labute approximate surface area is 107 Å². The number of hydrogen-bond donors (Lipinski definition) is 1. The molecule has 1 N–H and O–H groups in total. The molecule has 0 saturated carbocycles. The second-order valence-corrected chi connectivity index (χ2v) is 4.87. The first-order valence-corrected chi connectivity index (χ1v) is 6.54. The van der Waals surface area contributed by atoms with Gasteiger partial charge in [0.1, 0.15) is 5.82 Å². The van der Waals surface area contributed by atoms with Crippen LogP contribution in [0.1, 0.15) is 30.4 Å². The fraction of sp³-hybridized carbons (Fsp3) is 0.538. The Morgan fingerprint density at radius 1 is 1.50 bits per heavy atom. The van der Waals surface area contributed by atoms with Gasteiger partial charge in [-0.3, -0.25) is 0 Å². The minimum atomic E-state index is 0.480. The summed E-state index contributed by atoms with van der Waals surface area (Å²) in [6.45, 7) is 2.06. The molecule has 1 atom stereocenters. The summed E-state index contributed by atoms with van der Waals surface area (Å²) >= 11 is 0. The van der Waals surface area contributed by atoms with Crippen molar-refractivity contribution in [3.63, 3.8) is 0 Å². The minimum absolute atomic E-state index is 0.480. The van der Waals surface area contributed by atoms with Gasteiger partial charge in [0.15, 0.2) is 0 Å². The number of aryl methyl sites for hydroxylation is 3. The maximum Gasteiger partial charge on any atom is 0.110 e. The lowest BCUT2D eigenvalue weighted by atomic mass is 10.2. The summed E-state index contributed by atoms with van der Waals surface area (Å²) in [5.74, 6) is 1.12. The minimum Gasteiger partial charge on any atom is -0.338 e. The second-order valence-electron chi connectivity index (χ2n) is 4.87. The maximum absolute atomic E-state index is 4.36. The van der Waals surface area contributed by atoms with Crippen LogP contribution in [0.3, 0.4) is 0 Å². The van der Waals surface area contributed by atoms with Gasteiger partial charge in [-0.15, -0.1) is 0 Å². The molecule has 0 aromatic carbocycles. The van der Waals surface area contributed by atoms with E-state index in [-0.39, 0.29) is 0 Å². The van der Waals surface area contributed by atoms with Crippen LogP contribution in [0.15, 0.2) is 24.9 Å². The lowest BCUT2D eigenvalue weighted by Gasteiger charge is -2.13. The van der Waals surface area contributed by atoms with Crippen molar-refractivity contribution in [2.75, 3.05) is 6.54 Å². The number of rotatable bonds is 4. The quantitative estimate of drug-likeness (QED) is 0.883. The molecule has 3 heterocycles.